The van der Waals surface area contributed by atoms with E-state index in [1.165, 1.54) is 192 Å². The van der Waals surface area contributed by atoms with E-state index in [2.05, 4.69) is 137 Å². The van der Waals surface area contributed by atoms with Crippen molar-refractivity contribution in [3.8, 4) is 22.8 Å². The number of aromatic nitrogens is 6. The summed E-state index contributed by atoms with van der Waals surface area (Å²) in [5, 5.41) is 8.20. The van der Waals surface area contributed by atoms with Crippen LogP contribution in [0.15, 0.2) is 120 Å². The molecule has 8 nitrogen and oxygen atoms in total. The van der Waals surface area contributed by atoms with Crippen molar-refractivity contribution in [1.82, 2.24) is 29.9 Å². The highest BCUT2D eigenvalue weighted by molar-refractivity contribution is 6.16. The van der Waals surface area contributed by atoms with Crippen LogP contribution in [0.3, 0.4) is 0 Å². The van der Waals surface area contributed by atoms with Crippen LogP contribution >= 0.6 is 0 Å². The number of fused-ring (bicyclic) bond motifs is 12. The second kappa shape index (κ2) is 15.6. The molecule has 33 rings (SSSR count). The highest BCUT2D eigenvalue weighted by atomic mass is 15.0. The zero-order valence-electron chi connectivity index (χ0n) is 49.8. The van der Waals surface area contributed by atoms with Crippen molar-refractivity contribution in [1.29, 1.82) is 0 Å². The zero-order valence-corrected chi connectivity index (χ0v) is 49.8. The first-order chi connectivity index (χ1) is 43.6. The highest BCUT2D eigenvalue weighted by Crippen LogP contribution is 2.61. The molecule has 0 spiro atoms. The lowest BCUT2D eigenvalue weighted by Gasteiger charge is -2.34. The van der Waals surface area contributed by atoms with Gasteiger partial charge in [-0.15, -0.1) is 0 Å². The summed E-state index contributed by atoms with van der Waals surface area (Å²) in [6.07, 6.45) is 61.1. The SMILES string of the molecule is C1=CC2CCC1C1=C2C2=c3[nH]c(c4c3C3C=CC4CC3)=c3[nH]c(c4c3C3C=CC4CC3)=c3[nH]c(c4c3C3C=CC4CC3)=C3[NH+]=C(C4=C3C3C=CC4CC3)c3[nH]c(c4c3C3C=CC4CC3)-c3[nH]c(c4c3C3C=CC4CC3)-c3[nH]c(c4c3C3C=CC4CC3)C1=[NH+]2. The highest BCUT2D eigenvalue weighted by Gasteiger charge is 2.53. The summed E-state index contributed by atoms with van der Waals surface area (Å²) in [6.45, 7) is 0. The Bertz CT molecular complexity index is 4920. The first-order valence-electron chi connectivity index (χ1n) is 35.2. The zero-order chi connectivity index (χ0) is 56.0. The summed E-state index contributed by atoms with van der Waals surface area (Å²) in [5.41, 5.74) is 38.8. The molecule has 0 aromatic carbocycles. The second-order valence-corrected chi connectivity index (χ2v) is 31.0. The van der Waals surface area contributed by atoms with Crippen molar-refractivity contribution < 1.29 is 9.98 Å². The summed E-state index contributed by atoms with van der Waals surface area (Å²) < 4.78 is 0. The Hall–Kier alpha value is -7.84. The quantitative estimate of drug-likeness (QED) is 0.0691. The van der Waals surface area contributed by atoms with Crippen molar-refractivity contribution in [3.63, 3.8) is 0 Å². The van der Waals surface area contributed by atoms with Crippen molar-refractivity contribution in [2.24, 2.45) is 23.7 Å². The van der Waals surface area contributed by atoms with Crippen LogP contribution in [0.2, 0.25) is 0 Å². The van der Waals surface area contributed by atoms with E-state index in [1.807, 2.05) is 0 Å². The lowest BCUT2D eigenvalue weighted by atomic mass is 9.67. The van der Waals surface area contributed by atoms with Crippen LogP contribution in [0, 0.1) is 45.1 Å². The van der Waals surface area contributed by atoms with Crippen LogP contribution in [0.5, 0.6) is 0 Å². The van der Waals surface area contributed by atoms with Gasteiger partial charge in [-0.1, -0.05) is 97.2 Å². The Morgan fingerprint density at radius 1 is 0.193 bits per heavy atom. The standard InChI is InChI=1S/C80H70N8/c1-2-34-4-3-33(1)49-50(34)66-68-53-37-9-11-38(12-10-37)54(53)71(83-68)72-57-41-17-19-42(20-18-41)58(57)75(85-72)76-61-45-25-27-46(28-26-45)62(61)79(87-76)80-64-48-31-29-47(30-32-48)63(64)78(88-80)77-60-44-23-21-43(22-24-44)59(60)74(86-77)73-56-40-15-13-39(14-16-40)55(56)70(84-73)69-52-36-7-5-35(6-8-36)51(52)67(82-69)65(49)81-66/h1-2,5,7,9,11,13,15,17,19,21,23,25,27,29,31,33-48,81-83,86-88H,3-4,6,8,10,12,14,16,18,20,22,24,26,28,30,32H2/p+2. The average molecular weight is 1150 g/mol. The van der Waals surface area contributed by atoms with Crippen molar-refractivity contribution in [2.75, 3.05) is 0 Å². The molecule has 32 bridgehead atoms. The molecule has 0 fully saturated rings. The number of rotatable bonds is 0. The first kappa shape index (κ1) is 46.3. The van der Waals surface area contributed by atoms with Gasteiger partial charge in [-0.25, -0.2) is 9.98 Å². The molecule has 8 heteroatoms. The van der Waals surface area contributed by atoms with Gasteiger partial charge in [0.15, 0.2) is 0 Å². The van der Waals surface area contributed by atoms with Gasteiger partial charge in [0.2, 0.25) is 22.8 Å². The summed E-state index contributed by atoms with van der Waals surface area (Å²) in [4.78, 5) is 36.3. The first-order valence-corrected chi connectivity index (χ1v) is 35.2. The van der Waals surface area contributed by atoms with Gasteiger partial charge in [-0.05, 0) is 169 Å². The van der Waals surface area contributed by atoms with Gasteiger partial charge in [0.1, 0.15) is 22.1 Å². The monoisotopic (exact) mass is 1140 g/mol. The number of allylic oxidation sites excluding steroid dienone is 18. The maximum absolute atomic E-state index is 4.54. The van der Waals surface area contributed by atoms with Crippen LogP contribution in [-0.2, 0) is 0 Å². The third kappa shape index (κ3) is 5.31. The molecule has 0 saturated heterocycles. The van der Waals surface area contributed by atoms with Gasteiger partial charge in [0, 0.05) is 117 Å². The molecule has 16 atom stereocenters. The Balaban J connectivity index is 0.882. The maximum atomic E-state index is 4.54. The largest absolute Gasteiger partial charge is 0.352 e. The summed E-state index contributed by atoms with van der Waals surface area (Å²) in [7, 11) is 0. The summed E-state index contributed by atoms with van der Waals surface area (Å²) in [5.74, 6) is 6.23. The van der Waals surface area contributed by atoms with Crippen LogP contribution in [-0.4, -0.2) is 41.3 Å². The van der Waals surface area contributed by atoms with Gasteiger partial charge >= 0.3 is 0 Å². The molecule has 27 aliphatic rings. The normalized spacial score (nSPS) is 36.0. The predicted molar refractivity (Wildman–Crippen MR) is 342 cm³/mol. The molecule has 6 aromatic rings. The second-order valence-electron chi connectivity index (χ2n) is 31.0. The van der Waals surface area contributed by atoms with Crippen molar-refractivity contribution in [3.05, 3.63) is 230 Å². The lowest BCUT2D eigenvalue weighted by molar-refractivity contribution is -0.341. The number of aromatic amines is 6. The average Bonchev–Trinajstić information content (AvgIpc) is 1.95. The smallest absolute Gasteiger partial charge is 0.232 e. The summed E-state index contributed by atoms with van der Waals surface area (Å²) in [6, 6.07) is 0. The van der Waals surface area contributed by atoms with Gasteiger partial charge in [0.25, 0.3) is 0 Å². The molecule has 16 unspecified atom stereocenters. The molecule has 8 heterocycles. The molecule has 88 heavy (non-hydrogen) atoms. The molecular formula is C80H72N8+2. The summed E-state index contributed by atoms with van der Waals surface area (Å²) >= 11 is 0. The van der Waals surface area contributed by atoms with Crippen LogP contribution < -0.4 is 20.7 Å². The van der Waals surface area contributed by atoms with Gasteiger partial charge in [0.05, 0.1) is 44.2 Å². The topological polar surface area (TPSA) is 123 Å². The molecule has 25 aliphatic carbocycles. The van der Waals surface area contributed by atoms with E-state index in [4.69, 9.17) is 0 Å². The van der Waals surface area contributed by atoms with E-state index in [-0.39, 0.29) is 0 Å². The van der Waals surface area contributed by atoms with E-state index in [9.17, 15) is 0 Å². The fourth-order valence-corrected chi connectivity index (χ4v) is 24.0. The van der Waals surface area contributed by atoms with Crippen molar-refractivity contribution >= 4 is 22.8 Å². The minimum absolute atomic E-state index is 0.390. The molecule has 0 amide bonds. The van der Waals surface area contributed by atoms with Crippen molar-refractivity contribution in [2.45, 2.75) is 174 Å². The molecule has 430 valence electrons. The third-order valence-corrected chi connectivity index (χ3v) is 27.5. The predicted octanol–water partition coefficient (Wildman–Crippen LogP) is 12.2. The minimum Gasteiger partial charge on any atom is -0.352 e. The molecule has 0 radical (unpaired) electrons. The fourth-order valence-electron chi connectivity index (χ4n) is 24.0. The molecule has 0 saturated carbocycles. The Morgan fingerprint density at radius 2 is 0.386 bits per heavy atom. The van der Waals surface area contributed by atoms with Crippen LogP contribution in [0.1, 0.15) is 252 Å². The van der Waals surface area contributed by atoms with E-state index in [0.717, 1.165) is 0 Å². The minimum atomic E-state index is 0.390. The Morgan fingerprint density at radius 3 is 0.648 bits per heavy atom. The van der Waals surface area contributed by atoms with Crippen LogP contribution in [0.4, 0.5) is 0 Å². The number of nitrogens with one attached hydrogen (secondary N) is 8. The Kier molecular flexibility index (Phi) is 8.20. The fraction of sp³-hybridized carbons (Fsp3) is 0.400. The molecule has 6 aromatic heterocycles. The molecule has 8 N–H and O–H groups in total. The van der Waals surface area contributed by atoms with Crippen LogP contribution in [0.25, 0.3) is 34.2 Å². The lowest BCUT2D eigenvalue weighted by Crippen LogP contribution is -2.70. The molecule has 2 aliphatic heterocycles. The van der Waals surface area contributed by atoms with E-state index in [0.29, 0.717) is 94.7 Å². The maximum Gasteiger partial charge on any atom is 0.232 e. The van der Waals surface area contributed by atoms with E-state index < -0.39 is 0 Å². The number of H-pyrrole nitrogens is 6. The van der Waals surface area contributed by atoms with Gasteiger partial charge in [-0.3, -0.25) is 0 Å². The Labute approximate surface area is 509 Å². The number of hydrogen-bond donors (Lipinski definition) is 8. The van der Waals surface area contributed by atoms with E-state index >= 15 is 0 Å². The van der Waals surface area contributed by atoms with Gasteiger partial charge in [-0.2, -0.15) is 0 Å². The molecular weight excluding hydrogens is 1070 g/mol. The van der Waals surface area contributed by atoms with E-state index in [1.54, 1.807) is 89.1 Å². The third-order valence-electron chi connectivity index (χ3n) is 27.5. The number of hydrogen-bond acceptors (Lipinski definition) is 0. The van der Waals surface area contributed by atoms with Gasteiger partial charge < -0.3 is 29.9 Å².